The number of amides is 4. The zero-order valence-electron chi connectivity index (χ0n) is 20.2. The van der Waals surface area contributed by atoms with Gasteiger partial charge < -0.3 is 14.0 Å². The number of barbiturate groups is 1. The van der Waals surface area contributed by atoms with E-state index in [4.69, 9.17) is 9.47 Å². The van der Waals surface area contributed by atoms with Crippen LogP contribution < -0.4 is 19.7 Å². The predicted molar refractivity (Wildman–Crippen MR) is 136 cm³/mol. The summed E-state index contributed by atoms with van der Waals surface area (Å²) < 4.78 is 12.7. The molecule has 1 aromatic carbocycles. The zero-order valence-corrected chi connectivity index (χ0v) is 21.0. The Bertz CT molecular complexity index is 1590. The number of carbonyl (C=O) groups excluding carboxylic acids is 3. The van der Waals surface area contributed by atoms with Crippen molar-refractivity contribution in [3.05, 3.63) is 62.8 Å². The first-order chi connectivity index (χ1) is 17.9. The van der Waals surface area contributed by atoms with E-state index in [0.717, 1.165) is 52.5 Å². The molecule has 37 heavy (non-hydrogen) atoms. The maximum absolute atomic E-state index is 13.4. The number of carbonyl (C=O) groups is 3. The Morgan fingerprint density at radius 2 is 1.86 bits per heavy atom. The summed E-state index contributed by atoms with van der Waals surface area (Å²) in [7, 11) is 0. The van der Waals surface area contributed by atoms with Gasteiger partial charge in [0, 0.05) is 22.3 Å². The quantitative estimate of drug-likeness (QED) is 0.412. The van der Waals surface area contributed by atoms with Crippen LogP contribution in [0.2, 0.25) is 0 Å². The number of anilines is 1. The van der Waals surface area contributed by atoms with Gasteiger partial charge in [-0.25, -0.2) is 9.69 Å². The van der Waals surface area contributed by atoms with Crippen molar-refractivity contribution >= 4 is 40.9 Å². The molecule has 186 valence electrons. The lowest BCUT2D eigenvalue weighted by atomic mass is 9.96. The molecule has 1 aliphatic carbocycles. The third kappa shape index (κ3) is 3.62. The van der Waals surface area contributed by atoms with Gasteiger partial charge in [-0.05, 0) is 74.9 Å². The average Bonchev–Trinajstić information content (AvgIpc) is 3.56. The van der Waals surface area contributed by atoms with Crippen molar-refractivity contribution < 1.29 is 23.9 Å². The molecule has 4 heterocycles. The van der Waals surface area contributed by atoms with E-state index < -0.39 is 17.8 Å². The fourth-order valence-corrected chi connectivity index (χ4v) is 6.59. The summed E-state index contributed by atoms with van der Waals surface area (Å²) in [4.78, 5) is 41.0. The largest absolute Gasteiger partial charge is 0.454 e. The van der Waals surface area contributed by atoms with Crippen LogP contribution in [0.1, 0.15) is 45.8 Å². The Morgan fingerprint density at radius 1 is 1.08 bits per heavy atom. The molecule has 2 aliphatic heterocycles. The highest BCUT2D eigenvalue weighted by atomic mass is 32.1. The first-order valence-electron chi connectivity index (χ1n) is 11.9. The second-order valence-electron chi connectivity index (χ2n) is 9.16. The minimum atomic E-state index is -0.834. The number of hydrogen-bond donors (Lipinski definition) is 1. The number of rotatable bonds is 3. The van der Waals surface area contributed by atoms with E-state index in [1.54, 1.807) is 23.5 Å². The molecule has 0 spiro atoms. The molecule has 1 N–H and O–H groups in total. The minimum absolute atomic E-state index is 0.0545. The van der Waals surface area contributed by atoms with Gasteiger partial charge in [0.15, 0.2) is 11.5 Å². The maximum Gasteiger partial charge on any atom is 0.335 e. The van der Waals surface area contributed by atoms with E-state index in [9.17, 15) is 19.6 Å². The summed E-state index contributed by atoms with van der Waals surface area (Å²) in [6.45, 7) is 3.88. The van der Waals surface area contributed by atoms with Crippen LogP contribution in [-0.2, 0) is 22.4 Å². The standard InChI is InChI=1S/C27H22N4O5S/c1-14-9-16(15(2)30(14)26-20(12-28)18-5-3-4-6-23(18)37-26)10-19-24(32)29-27(34)31(25(19)33)17-7-8-21-22(11-17)36-13-35-21/h7-11H,3-6,13H2,1-2H3,(H,29,32,34). The second kappa shape index (κ2) is 8.64. The zero-order chi connectivity index (χ0) is 25.8. The molecule has 9 nitrogen and oxygen atoms in total. The molecule has 3 aliphatic rings. The molecule has 6 rings (SSSR count). The van der Waals surface area contributed by atoms with E-state index >= 15 is 0 Å². The number of thiophene rings is 1. The Hall–Kier alpha value is -4.36. The lowest BCUT2D eigenvalue weighted by Crippen LogP contribution is -2.54. The molecule has 1 fully saturated rings. The number of aryl methyl sites for hydroxylation is 2. The van der Waals surface area contributed by atoms with Crippen molar-refractivity contribution in [3.63, 3.8) is 0 Å². The number of urea groups is 1. The highest BCUT2D eigenvalue weighted by Gasteiger charge is 2.38. The molecule has 4 amide bonds. The smallest absolute Gasteiger partial charge is 0.335 e. The molecule has 10 heteroatoms. The van der Waals surface area contributed by atoms with Crippen LogP contribution in [0.4, 0.5) is 10.5 Å². The SMILES string of the molecule is Cc1cc(C=C2C(=O)NC(=O)N(c3ccc4c(c3)OCO4)C2=O)c(C)n1-c1sc2c(c1C#N)CCCC2. The number of aromatic nitrogens is 1. The van der Waals surface area contributed by atoms with E-state index in [1.165, 1.54) is 17.0 Å². The molecule has 0 atom stereocenters. The number of hydrogen-bond acceptors (Lipinski definition) is 7. The van der Waals surface area contributed by atoms with E-state index in [1.807, 2.05) is 24.5 Å². The molecule has 3 aromatic rings. The van der Waals surface area contributed by atoms with Gasteiger partial charge in [-0.3, -0.25) is 14.9 Å². The molecule has 0 unspecified atom stereocenters. The van der Waals surface area contributed by atoms with Crippen LogP contribution in [0.25, 0.3) is 11.1 Å². The summed E-state index contributed by atoms with van der Waals surface area (Å²) in [6.07, 6.45) is 5.58. The van der Waals surface area contributed by atoms with Crippen LogP contribution in [0.3, 0.4) is 0 Å². The maximum atomic E-state index is 13.4. The van der Waals surface area contributed by atoms with Crippen molar-refractivity contribution in [2.75, 3.05) is 11.7 Å². The molecule has 1 saturated heterocycles. The highest BCUT2D eigenvalue weighted by Crippen LogP contribution is 2.39. The Balaban J connectivity index is 1.40. The van der Waals surface area contributed by atoms with Gasteiger partial charge >= 0.3 is 6.03 Å². The number of nitrogens with zero attached hydrogens (tertiary/aromatic N) is 3. The lowest BCUT2D eigenvalue weighted by Gasteiger charge is -2.26. The average molecular weight is 515 g/mol. The minimum Gasteiger partial charge on any atom is -0.454 e. The van der Waals surface area contributed by atoms with Crippen LogP contribution in [0.5, 0.6) is 11.5 Å². The summed E-state index contributed by atoms with van der Waals surface area (Å²) in [5.74, 6) is -0.571. The van der Waals surface area contributed by atoms with Gasteiger partial charge in [0.1, 0.15) is 16.6 Å². The number of ether oxygens (including phenoxy) is 2. The lowest BCUT2D eigenvalue weighted by molar-refractivity contribution is -0.122. The van der Waals surface area contributed by atoms with Gasteiger partial charge in [-0.2, -0.15) is 5.26 Å². The molecule has 0 radical (unpaired) electrons. The van der Waals surface area contributed by atoms with Crippen LogP contribution >= 0.6 is 11.3 Å². The predicted octanol–water partition coefficient (Wildman–Crippen LogP) is 4.30. The van der Waals surface area contributed by atoms with E-state index in [2.05, 4.69) is 11.4 Å². The topological polar surface area (TPSA) is 114 Å². The van der Waals surface area contributed by atoms with E-state index in [0.29, 0.717) is 22.6 Å². The normalized spacial score (nSPS) is 17.7. The number of imide groups is 2. The number of fused-ring (bicyclic) bond motifs is 2. The summed E-state index contributed by atoms with van der Waals surface area (Å²) >= 11 is 1.63. The molecule has 2 aromatic heterocycles. The van der Waals surface area contributed by atoms with E-state index in [-0.39, 0.29) is 18.1 Å². The summed E-state index contributed by atoms with van der Waals surface area (Å²) in [5, 5.41) is 13.1. The third-order valence-electron chi connectivity index (χ3n) is 6.95. The Labute approximate surface area is 216 Å². The fourth-order valence-electron chi connectivity index (χ4n) is 5.14. The molecular formula is C27H22N4O5S. The molecule has 0 saturated carbocycles. The van der Waals surface area contributed by atoms with Crippen LogP contribution in [0, 0.1) is 25.2 Å². The highest BCUT2D eigenvalue weighted by molar-refractivity contribution is 7.15. The Kier molecular flexibility index (Phi) is 5.38. The monoisotopic (exact) mass is 514 g/mol. The summed E-state index contributed by atoms with van der Waals surface area (Å²) in [6, 6.07) is 8.15. The number of benzene rings is 1. The number of nitrogens with one attached hydrogen (secondary N) is 1. The molecular weight excluding hydrogens is 492 g/mol. The van der Waals surface area contributed by atoms with Crippen molar-refractivity contribution in [1.29, 1.82) is 5.26 Å². The molecule has 0 bridgehead atoms. The van der Waals surface area contributed by atoms with Crippen LogP contribution in [0.15, 0.2) is 29.8 Å². The second-order valence-corrected chi connectivity index (χ2v) is 10.2. The van der Waals surface area contributed by atoms with Crippen LogP contribution in [-0.4, -0.2) is 29.2 Å². The first kappa shape index (κ1) is 23.1. The van der Waals surface area contributed by atoms with Crippen molar-refractivity contribution in [2.24, 2.45) is 0 Å². The van der Waals surface area contributed by atoms with Gasteiger partial charge in [-0.1, -0.05) is 0 Å². The third-order valence-corrected chi connectivity index (χ3v) is 8.23. The van der Waals surface area contributed by atoms with Gasteiger partial charge in [0.25, 0.3) is 11.8 Å². The Morgan fingerprint density at radius 3 is 2.68 bits per heavy atom. The van der Waals surface area contributed by atoms with Crippen molar-refractivity contribution in [1.82, 2.24) is 9.88 Å². The van der Waals surface area contributed by atoms with Gasteiger partial charge in [0.05, 0.1) is 11.3 Å². The van der Waals surface area contributed by atoms with Crippen molar-refractivity contribution in [2.45, 2.75) is 39.5 Å². The number of nitriles is 1. The van der Waals surface area contributed by atoms with Gasteiger partial charge in [-0.15, -0.1) is 11.3 Å². The van der Waals surface area contributed by atoms with Gasteiger partial charge in [0.2, 0.25) is 6.79 Å². The first-order valence-corrected chi connectivity index (χ1v) is 12.7. The summed E-state index contributed by atoms with van der Waals surface area (Å²) in [5.41, 5.74) is 4.28. The van der Waals surface area contributed by atoms with Crippen molar-refractivity contribution in [3.8, 4) is 22.6 Å². The fraction of sp³-hybridized carbons (Fsp3) is 0.259.